The van der Waals surface area contributed by atoms with Gasteiger partial charge in [-0.15, -0.1) is 0 Å². The monoisotopic (exact) mass is 381 g/mol. The molecule has 2 amide bonds. The zero-order valence-corrected chi connectivity index (χ0v) is 16.3. The maximum absolute atomic E-state index is 12.7. The number of oxazole rings is 1. The highest BCUT2D eigenvalue weighted by atomic mass is 32.2. The van der Waals surface area contributed by atoms with Crippen molar-refractivity contribution in [2.45, 2.75) is 32.1 Å². The summed E-state index contributed by atoms with van der Waals surface area (Å²) in [5.74, 6) is 3.47. The zero-order valence-electron chi connectivity index (χ0n) is 15.5. The van der Waals surface area contributed by atoms with Crippen LogP contribution in [0.3, 0.4) is 0 Å². The quantitative estimate of drug-likeness (QED) is 0.776. The fourth-order valence-electron chi connectivity index (χ4n) is 3.43. The predicted octanol–water partition coefficient (Wildman–Crippen LogP) is 1.91. The second kappa shape index (κ2) is 8.90. The summed E-state index contributed by atoms with van der Waals surface area (Å²) in [4.78, 5) is 33.0. The molecule has 0 bridgehead atoms. The minimum absolute atomic E-state index is 0.0232. The highest BCUT2D eigenvalue weighted by Crippen LogP contribution is 2.29. The van der Waals surface area contributed by atoms with E-state index in [1.807, 2.05) is 28.5 Å². The molecule has 3 rings (SSSR count). The summed E-state index contributed by atoms with van der Waals surface area (Å²) in [6.07, 6.45) is 2.05. The van der Waals surface area contributed by atoms with Crippen LogP contribution in [0.5, 0.6) is 0 Å². The lowest BCUT2D eigenvalue weighted by molar-refractivity contribution is -0.133. The van der Waals surface area contributed by atoms with Crippen LogP contribution in [0, 0.1) is 6.92 Å². The molecular formula is C18H27N3O4S. The molecule has 0 spiro atoms. The summed E-state index contributed by atoms with van der Waals surface area (Å²) in [7, 11) is 1.60. The molecule has 7 nitrogen and oxygen atoms in total. The van der Waals surface area contributed by atoms with Crippen molar-refractivity contribution in [2.24, 2.45) is 0 Å². The Morgan fingerprint density at radius 1 is 1.19 bits per heavy atom. The number of amides is 2. The molecule has 0 aliphatic carbocycles. The number of ether oxygens (including phenoxy) is 1. The van der Waals surface area contributed by atoms with Crippen molar-refractivity contribution in [3.05, 3.63) is 17.3 Å². The Morgan fingerprint density at radius 3 is 2.54 bits per heavy atom. The number of hydrogen-bond acceptors (Lipinski definition) is 6. The van der Waals surface area contributed by atoms with Gasteiger partial charge < -0.3 is 19.0 Å². The molecule has 8 heteroatoms. The number of nitrogens with zero attached hydrogens (tertiary/aromatic N) is 3. The lowest BCUT2D eigenvalue weighted by Gasteiger charge is -2.30. The molecule has 2 aliphatic rings. The van der Waals surface area contributed by atoms with E-state index in [9.17, 15) is 9.59 Å². The van der Waals surface area contributed by atoms with E-state index in [1.54, 1.807) is 7.11 Å². The molecule has 0 saturated carbocycles. The van der Waals surface area contributed by atoms with E-state index in [0.29, 0.717) is 43.5 Å². The first-order valence-corrected chi connectivity index (χ1v) is 10.4. The topological polar surface area (TPSA) is 75.9 Å². The molecular weight excluding hydrogens is 354 g/mol. The van der Waals surface area contributed by atoms with Gasteiger partial charge in [-0.05, 0) is 19.8 Å². The number of likely N-dealkylation sites (tertiary alicyclic amines) is 1. The number of aromatic nitrogens is 1. The molecule has 0 radical (unpaired) electrons. The van der Waals surface area contributed by atoms with Gasteiger partial charge in [0.15, 0.2) is 11.6 Å². The SMILES string of the molecule is COCCC(=O)N1CCC(c2nc(C(=O)N3CCSCC3)c(C)o2)CC1. The number of methoxy groups -OCH3 is 1. The standard InChI is InChI=1S/C18H27N3O4S/c1-13-16(18(23)21-8-11-26-12-9-21)19-17(25-13)14-3-6-20(7-4-14)15(22)5-10-24-2/h14H,3-12H2,1-2H3. The summed E-state index contributed by atoms with van der Waals surface area (Å²) >= 11 is 1.87. The molecule has 2 saturated heterocycles. The van der Waals surface area contributed by atoms with E-state index < -0.39 is 0 Å². The maximum atomic E-state index is 12.7. The van der Waals surface area contributed by atoms with Crippen molar-refractivity contribution in [3.63, 3.8) is 0 Å². The lowest BCUT2D eigenvalue weighted by Crippen LogP contribution is -2.38. The fraction of sp³-hybridized carbons (Fsp3) is 0.722. The van der Waals surface area contributed by atoms with E-state index in [1.165, 1.54) is 0 Å². The third kappa shape index (κ3) is 4.40. The van der Waals surface area contributed by atoms with Crippen molar-refractivity contribution >= 4 is 23.6 Å². The van der Waals surface area contributed by atoms with Gasteiger partial charge in [0.05, 0.1) is 13.0 Å². The van der Waals surface area contributed by atoms with Crippen LogP contribution in [0.25, 0.3) is 0 Å². The van der Waals surface area contributed by atoms with Crippen LogP contribution < -0.4 is 0 Å². The Morgan fingerprint density at radius 2 is 1.88 bits per heavy atom. The molecule has 2 fully saturated rings. The fourth-order valence-corrected chi connectivity index (χ4v) is 4.33. The average Bonchev–Trinajstić information content (AvgIpc) is 3.08. The van der Waals surface area contributed by atoms with E-state index in [2.05, 4.69) is 4.98 Å². The summed E-state index contributed by atoms with van der Waals surface area (Å²) in [5, 5.41) is 0. The number of piperidine rings is 1. The van der Waals surface area contributed by atoms with Crippen LogP contribution in [-0.2, 0) is 9.53 Å². The second-order valence-corrected chi connectivity index (χ2v) is 7.98. The first-order valence-electron chi connectivity index (χ1n) is 9.21. The Balaban J connectivity index is 1.59. The van der Waals surface area contributed by atoms with Crippen LogP contribution in [0.15, 0.2) is 4.42 Å². The Bertz CT molecular complexity index is 634. The molecule has 1 aromatic rings. The third-order valence-corrected chi connectivity index (χ3v) is 5.97. The average molecular weight is 381 g/mol. The number of rotatable bonds is 5. The number of aryl methyl sites for hydroxylation is 1. The Labute approximate surface area is 158 Å². The van der Waals surface area contributed by atoms with Crippen molar-refractivity contribution in [1.29, 1.82) is 0 Å². The molecule has 2 aliphatic heterocycles. The van der Waals surface area contributed by atoms with Crippen molar-refractivity contribution in [1.82, 2.24) is 14.8 Å². The minimum Gasteiger partial charge on any atom is -0.445 e. The largest absolute Gasteiger partial charge is 0.445 e. The highest BCUT2D eigenvalue weighted by molar-refractivity contribution is 7.99. The van der Waals surface area contributed by atoms with Gasteiger partial charge in [0.2, 0.25) is 5.91 Å². The zero-order chi connectivity index (χ0) is 18.5. The van der Waals surface area contributed by atoms with E-state index >= 15 is 0 Å². The molecule has 0 aromatic carbocycles. The molecule has 144 valence electrons. The number of thioether (sulfide) groups is 1. The van der Waals surface area contributed by atoms with Crippen molar-refractivity contribution < 1.29 is 18.7 Å². The van der Waals surface area contributed by atoms with Crippen LogP contribution in [0.1, 0.15) is 47.3 Å². The minimum atomic E-state index is -0.0232. The highest BCUT2D eigenvalue weighted by Gasteiger charge is 2.30. The first kappa shape index (κ1) is 19.2. The molecule has 0 atom stereocenters. The molecule has 3 heterocycles. The molecule has 0 unspecified atom stereocenters. The summed E-state index contributed by atoms with van der Waals surface area (Å²) in [6.45, 7) is 5.20. The van der Waals surface area contributed by atoms with Gasteiger partial charge in [0.25, 0.3) is 5.91 Å². The van der Waals surface area contributed by atoms with Crippen molar-refractivity contribution in [2.75, 3.05) is 51.4 Å². The first-order chi connectivity index (χ1) is 12.6. The van der Waals surface area contributed by atoms with Crippen LogP contribution in [0.2, 0.25) is 0 Å². The number of hydrogen-bond donors (Lipinski definition) is 0. The van der Waals surface area contributed by atoms with Crippen LogP contribution in [0.4, 0.5) is 0 Å². The molecule has 1 aromatic heterocycles. The van der Waals surface area contributed by atoms with E-state index in [4.69, 9.17) is 9.15 Å². The van der Waals surface area contributed by atoms with Gasteiger partial charge in [0.1, 0.15) is 5.76 Å². The van der Waals surface area contributed by atoms with Gasteiger partial charge in [-0.1, -0.05) is 0 Å². The summed E-state index contributed by atoms with van der Waals surface area (Å²) in [5.41, 5.74) is 0.450. The van der Waals surface area contributed by atoms with Gasteiger partial charge in [-0.25, -0.2) is 4.98 Å². The van der Waals surface area contributed by atoms with Gasteiger partial charge in [0, 0.05) is 50.7 Å². The number of carbonyl (C=O) groups is 2. The van der Waals surface area contributed by atoms with Gasteiger partial charge in [-0.2, -0.15) is 11.8 Å². The second-order valence-electron chi connectivity index (χ2n) is 6.76. The normalized spacial score (nSPS) is 19.0. The van der Waals surface area contributed by atoms with Gasteiger partial charge >= 0.3 is 0 Å². The summed E-state index contributed by atoms with van der Waals surface area (Å²) in [6, 6.07) is 0. The van der Waals surface area contributed by atoms with Gasteiger partial charge in [-0.3, -0.25) is 9.59 Å². The van der Waals surface area contributed by atoms with E-state index in [-0.39, 0.29) is 17.7 Å². The third-order valence-electron chi connectivity index (χ3n) is 5.03. The Hall–Kier alpha value is -1.54. The smallest absolute Gasteiger partial charge is 0.276 e. The predicted molar refractivity (Wildman–Crippen MR) is 99.5 cm³/mol. The molecule has 0 N–H and O–H groups in total. The van der Waals surface area contributed by atoms with Crippen LogP contribution in [-0.4, -0.2) is 78.0 Å². The summed E-state index contributed by atoms with van der Waals surface area (Å²) < 4.78 is 10.8. The maximum Gasteiger partial charge on any atom is 0.276 e. The molecule has 26 heavy (non-hydrogen) atoms. The van der Waals surface area contributed by atoms with E-state index in [0.717, 1.165) is 37.4 Å². The van der Waals surface area contributed by atoms with Crippen LogP contribution >= 0.6 is 11.8 Å². The van der Waals surface area contributed by atoms with Crippen molar-refractivity contribution in [3.8, 4) is 0 Å². The number of carbonyl (C=O) groups excluding carboxylic acids is 2. The Kier molecular flexibility index (Phi) is 6.58. The lowest BCUT2D eigenvalue weighted by atomic mass is 9.96.